The maximum Gasteiger partial charge on any atom is 0.0973 e. The Kier molecular flexibility index (Phi) is 5.80. The molecule has 0 N–H and O–H groups in total. The van der Waals surface area contributed by atoms with Gasteiger partial charge in [-0.15, -0.1) is 0 Å². The van der Waals surface area contributed by atoms with Gasteiger partial charge in [0.1, 0.15) is 0 Å². The van der Waals surface area contributed by atoms with Crippen molar-refractivity contribution < 1.29 is 0 Å². The van der Waals surface area contributed by atoms with Crippen LogP contribution in [0.1, 0.15) is 25.0 Å². The van der Waals surface area contributed by atoms with Crippen LogP contribution in [0.2, 0.25) is 0 Å². The molecular weight excluding hydrogens is 522 g/mol. The van der Waals surface area contributed by atoms with Gasteiger partial charge in [0.25, 0.3) is 0 Å². The third kappa shape index (κ3) is 4.24. The van der Waals surface area contributed by atoms with Crippen molar-refractivity contribution >= 4 is 11.0 Å². The monoisotopic (exact) mass is 551 g/mol. The van der Waals surface area contributed by atoms with E-state index in [1.54, 1.807) is 0 Å². The lowest BCUT2D eigenvalue weighted by Crippen LogP contribution is -2.15. The molecule has 0 saturated carbocycles. The van der Waals surface area contributed by atoms with Crippen molar-refractivity contribution in [2.24, 2.45) is 0 Å². The predicted molar refractivity (Wildman–Crippen MR) is 177 cm³/mol. The van der Waals surface area contributed by atoms with Crippen molar-refractivity contribution in [3.8, 4) is 55.9 Å². The second kappa shape index (κ2) is 9.85. The van der Waals surface area contributed by atoms with Gasteiger partial charge in [-0.1, -0.05) is 105 Å². The Labute approximate surface area is 251 Å². The summed E-state index contributed by atoms with van der Waals surface area (Å²) in [6, 6.07) is 45.1. The highest BCUT2D eigenvalue weighted by Gasteiger charge is 2.35. The fourth-order valence-electron chi connectivity index (χ4n) is 6.46. The second-order valence-electron chi connectivity index (χ2n) is 11.7. The van der Waals surface area contributed by atoms with Crippen LogP contribution in [0.25, 0.3) is 66.9 Å². The van der Waals surface area contributed by atoms with Gasteiger partial charge >= 0.3 is 0 Å². The van der Waals surface area contributed by atoms with Crippen LogP contribution < -0.4 is 0 Å². The van der Waals surface area contributed by atoms with Gasteiger partial charge in [0.2, 0.25) is 0 Å². The maximum atomic E-state index is 5.08. The molecule has 0 spiro atoms. The zero-order valence-corrected chi connectivity index (χ0v) is 24.1. The van der Waals surface area contributed by atoms with E-state index in [9.17, 15) is 0 Å². The number of fused-ring (bicyclic) bond motifs is 4. The first-order chi connectivity index (χ1) is 21.1. The average molecular weight is 552 g/mol. The summed E-state index contributed by atoms with van der Waals surface area (Å²) in [7, 11) is 0. The molecule has 43 heavy (non-hydrogen) atoms. The van der Waals surface area contributed by atoms with Gasteiger partial charge in [0.05, 0.1) is 22.4 Å². The molecule has 5 aromatic carbocycles. The first-order valence-corrected chi connectivity index (χ1v) is 14.7. The quantitative estimate of drug-likeness (QED) is 0.218. The molecule has 0 fully saturated rings. The van der Waals surface area contributed by atoms with Crippen molar-refractivity contribution in [2.75, 3.05) is 0 Å². The third-order valence-electron chi connectivity index (χ3n) is 8.80. The number of nitrogens with zero attached hydrogens (tertiary/aromatic N) is 3. The minimum absolute atomic E-state index is 0.102. The van der Waals surface area contributed by atoms with Gasteiger partial charge in [0, 0.05) is 28.9 Å². The minimum Gasteiger partial charge on any atom is -0.265 e. The van der Waals surface area contributed by atoms with E-state index in [4.69, 9.17) is 9.97 Å². The summed E-state index contributed by atoms with van der Waals surface area (Å²) in [6.07, 6.45) is 3.71. The highest BCUT2D eigenvalue weighted by Crippen LogP contribution is 2.50. The predicted octanol–water partition coefficient (Wildman–Crippen LogP) is 10.00. The van der Waals surface area contributed by atoms with Crippen LogP contribution in [0.4, 0.5) is 0 Å². The summed E-state index contributed by atoms with van der Waals surface area (Å²) in [5.41, 5.74) is 15.8. The van der Waals surface area contributed by atoms with Crippen molar-refractivity contribution in [3.05, 3.63) is 151 Å². The van der Waals surface area contributed by atoms with E-state index in [2.05, 4.69) is 104 Å². The lowest BCUT2D eigenvalue weighted by molar-refractivity contribution is 0.661. The zero-order valence-electron chi connectivity index (χ0n) is 24.1. The van der Waals surface area contributed by atoms with E-state index in [-0.39, 0.29) is 5.41 Å². The van der Waals surface area contributed by atoms with E-state index in [1.807, 2.05) is 54.9 Å². The van der Waals surface area contributed by atoms with Gasteiger partial charge in [-0.3, -0.25) is 4.98 Å². The summed E-state index contributed by atoms with van der Waals surface area (Å²) < 4.78 is 0. The fourth-order valence-corrected chi connectivity index (χ4v) is 6.46. The van der Waals surface area contributed by atoms with Crippen molar-refractivity contribution in [2.45, 2.75) is 19.3 Å². The van der Waals surface area contributed by atoms with E-state index in [0.717, 1.165) is 33.5 Å². The molecule has 204 valence electrons. The van der Waals surface area contributed by atoms with E-state index in [0.29, 0.717) is 0 Å². The highest BCUT2D eigenvalue weighted by molar-refractivity contribution is 5.88. The smallest absolute Gasteiger partial charge is 0.0973 e. The maximum absolute atomic E-state index is 5.08. The van der Waals surface area contributed by atoms with Gasteiger partial charge in [-0.25, -0.2) is 9.97 Å². The minimum atomic E-state index is -0.102. The molecular formula is C40H29N3. The molecule has 8 rings (SSSR count). The molecule has 0 bridgehead atoms. The van der Waals surface area contributed by atoms with Gasteiger partial charge in [0.15, 0.2) is 0 Å². The SMILES string of the molecule is CC1(C)c2cc(-c3ccncc3)ccc2-c2ccc(-c3ccc(-c4nc5ccccc5nc4-c4ccccc4)cc3)cc21. The number of rotatable bonds is 4. The number of para-hydroxylation sites is 2. The Balaban J connectivity index is 1.17. The third-order valence-corrected chi connectivity index (χ3v) is 8.80. The van der Waals surface area contributed by atoms with Gasteiger partial charge in [-0.2, -0.15) is 0 Å². The van der Waals surface area contributed by atoms with Crippen molar-refractivity contribution in [3.63, 3.8) is 0 Å². The molecule has 1 aliphatic carbocycles. The molecule has 1 aliphatic rings. The van der Waals surface area contributed by atoms with Gasteiger partial charge in [-0.05, 0) is 80.9 Å². The van der Waals surface area contributed by atoms with Crippen LogP contribution in [0.5, 0.6) is 0 Å². The van der Waals surface area contributed by atoms with Crippen LogP contribution in [0.15, 0.2) is 140 Å². The highest BCUT2D eigenvalue weighted by atomic mass is 14.8. The Morgan fingerprint density at radius 3 is 1.42 bits per heavy atom. The van der Waals surface area contributed by atoms with E-state index >= 15 is 0 Å². The zero-order chi connectivity index (χ0) is 29.0. The van der Waals surface area contributed by atoms with E-state index in [1.165, 1.54) is 44.5 Å². The fraction of sp³-hybridized carbons (Fsp3) is 0.0750. The van der Waals surface area contributed by atoms with Crippen molar-refractivity contribution in [1.29, 1.82) is 0 Å². The Morgan fingerprint density at radius 2 is 0.860 bits per heavy atom. The molecule has 2 aromatic heterocycles. The topological polar surface area (TPSA) is 38.7 Å². The first-order valence-electron chi connectivity index (χ1n) is 14.7. The number of hydrogen-bond donors (Lipinski definition) is 0. The van der Waals surface area contributed by atoms with Crippen LogP contribution in [-0.2, 0) is 5.41 Å². The van der Waals surface area contributed by atoms with Crippen LogP contribution >= 0.6 is 0 Å². The summed E-state index contributed by atoms with van der Waals surface area (Å²) in [5.74, 6) is 0. The van der Waals surface area contributed by atoms with Crippen LogP contribution in [-0.4, -0.2) is 15.0 Å². The number of hydrogen-bond acceptors (Lipinski definition) is 3. The Hall–Kier alpha value is -5.41. The molecule has 2 heterocycles. The summed E-state index contributed by atoms with van der Waals surface area (Å²) in [4.78, 5) is 14.3. The molecule has 0 saturated heterocycles. The molecule has 0 radical (unpaired) electrons. The summed E-state index contributed by atoms with van der Waals surface area (Å²) in [5, 5.41) is 0. The molecule has 0 atom stereocenters. The number of benzene rings is 5. The van der Waals surface area contributed by atoms with Gasteiger partial charge < -0.3 is 0 Å². The average Bonchev–Trinajstić information content (AvgIpc) is 3.30. The lowest BCUT2D eigenvalue weighted by atomic mass is 9.81. The molecule has 0 unspecified atom stereocenters. The Morgan fingerprint density at radius 1 is 0.419 bits per heavy atom. The van der Waals surface area contributed by atoms with E-state index < -0.39 is 0 Å². The molecule has 7 aromatic rings. The van der Waals surface area contributed by atoms with Crippen LogP contribution in [0.3, 0.4) is 0 Å². The molecule has 3 heteroatoms. The summed E-state index contributed by atoms with van der Waals surface area (Å²) >= 11 is 0. The normalized spacial score (nSPS) is 13.1. The van der Waals surface area contributed by atoms with Crippen molar-refractivity contribution in [1.82, 2.24) is 15.0 Å². The number of pyridine rings is 1. The molecule has 3 nitrogen and oxygen atoms in total. The second-order valence-corrected chi connectivity index (χ2v) is 11.7. The van der Waals surface area contributed by atoms with Crippen LogP contribution in [0, 0.1) is 0 Å². The largest absolute Gasteiger partial charge is 0.265 e. The lowest BCUT2D eigenvalue weighted by Gasteiger charge is -2.22. The molecule has 0 amide bonds. The number of aromatic nitrogens is 3. The first kappa shape index (κ1) is 25.3. The summed E-state index contributed by atoms with van der Waals surface area (Å²) in [6.45, 7) is 4.68. The standard InChI is InChI=1S/C40H29N3/c1-40(2)34-24-30(16-18-32(34)33-19-17-31(25-35(33)40)27-20-22-41-23-21-27)26-12-14-29(15-13-26)39-38(28-8-4-3-5-9-28)42-36-10-6-7-11-37(36)43-39/h3-25H,1-2H3. The Bertz CT molecular complexity index is 2130. The molecule has 0 aliphatic heterocycles.